The van der Waals surface area contributed by atoms with Gasteiger partial charge < -0.3 is 14.2 Å². The number of hydrogen-bond donors (Lipinski definition) is 1. The van der Waals surface area contributed by atoms with Crippen molar-refractivity contribution in [2.45, 2.75) is 0 Å². The second-order valence-electron chi connectivity index (χ2n) is 4.60. The Morgan fingerprint density at radius 3 is 2.38 bits per heavy atom. The van der Waals surface area contributed by atoms with E-state index < -0.39 is 0 Å². The molecule has 0 fully saturated rings. The van der Waals surface area contributed by atoms with Crippen molar-refractivity contribution in [2.24, 2.45) is 0 Å². The third kappa shape index (κ3) is 2.31. The fourth-order valence-corrected chi connectivity index (χ4v) is 2.56. The number of methoxy groups -OCH3 is 3. The molecule has 0 atom stereocenters. The highest BCUT2D eigenvalue weighted by molar-refractivity contribution is 7.71. The van der Waals surface area contributed by atoms with Gasteiger partial charge in [-0.05, 0) is 24.4 Å². The molecule has 0 saturated carbocycles. The molecule has 0 aliphatic rings. The normalized spacial score (nSPS) is 10.4. The number of fused-ring (bicyclic) bond motifs is 1. The number of aromatic nitrogens is 5. The van der Waals surface area contributed by atoms with Crippen LogP contribution in [0.3, 0.4) is 0 Å². The molecule has 0 aliphatic heterocycles. The zero-order chi connectivity index (χ0) is 17.3. The highest BCUT2D eigenvalue weighted by Gasteiger charge is 2.19. The second-order valence-corrected chi connectivity index (χ2v) is 4.97. The van der Waals surface area contributed by atoms with Crippen LogP contribution in [0.5, 0.6) is 17.2 Å². The van der Waals surface area contributed by atoms with Gasteiger partial charge in [0, 0.05) is 5.56 Å². The lowest BCUT2D eigenvalue weighted by molar-refractivity contribution is 0.324. The Morgan fingerprint density at radius 2 is 1.83 bits per heavy atom. The standard InChI is InChI=1S/C14H12N6O3S/c1-21-9-4-7(5-10(22-2)12(9)23-3)11-8(6-15)13-17-18-19-20(13)14(24)16-11/h4-5H,1-3H3,(H,17,19). The number of ether oxygens (including phenoxy) is 3. The topological polar surface area (TPSA) is 110 Å². The fourth-order valence-electron chi connectivity index (χ4n) is 2.34. The number of aromatic amines is 1. The second kappa shape index (κ2) is 6.13. The third-order valence-corrected chi connectivity index (χ3v) is 3.68. The zero-order valence-corrected chi connectivity index (χ0v) is 13.8. The van der Waals surface area contributed by atoms with Crippen molar-refractivity contribution in [1.82, 2.24) is 25.0 Å². The lowest BCUT2D eigenvalue weighted by Gasteiger charge is -2.14. The van der Waals surface area contributed by atoms with Crippen LogP contribution in [0.2, 0.25) is 0 Å². The average molecular weight is 344 g/mol. The van der Waals surface area contributed by atoms with Crippen LogP contribution in [0.4, 0.5) is 0 Å². The first-order valence-electron chi connectivity index (χ1n) is 6.68. The van der Waals surface area contributed by atoms with Crippen molar-refractivity contribution < 1.29 is 14.2 Å². The number of nitriles is 1. The number of nitrogens with one attached hydrogen (secondary N) is 1. The summed E-state index contributed by atoms with van der Waals surface area (Å²) in [7, 11) is 4.53. The van der Waals surface area contributed by atoms with E-state index in [1.165, 1.54) is 25.8 Å². The molecular formula is C14H12N6O3S. The van der Waals surface area contributed by atoms with Gasteiger partial charge in [0.15, 0.2) is 17.1 Å². The maximum absolute atomic E-state index is 9.53. The van der Waals surface area contributed by atoms with Gasteiger partial charge in [-0.25, -0.2) is 4.98 Å². The number of nitrogens with zero attached hydrogens (tertiary/aromatic N) is 5. The third-order valence-electron chi connectivity index (χ3n) is 3.41. The molecule has 0 spiro atoms. The van der Waals surface area contributed by atoms with Crippen molar-refractivity contribution in [3.05, 3.63) is 22.5 Å². The van der Waals surface area contributed by atoms with E-state index in [1.54, 1.807) is 12.1 Å². The van der Waals surface area contributed by atoms with Crippen LogP contribution >= 0.6 is 12.2 Å². The number of H-pyrrole nitrogens is 1. The molecule has 1 aromatic carbocycles. The molecule has 0 aliphatic carbocycles. The van der Waals surface area contributed by atoms with Gasteiger partial charge in [0.1, 0.15) is 11.6 Å². The van der Waals surface area contributed by atoms with E-state index in [2.05, 4.69) is 26.6 Å². The summed E-state index contributed by atoms with van der Waals surface area (Å²) < 4.78 is 17.5. The smallest absolute Gasteiger partial charge is 0.222 e. The molecule has 24 heavy (non-hydrogen) atoms. The van der Waals surface area contributed by atoms with E-state index in [-0.39, 0.29) is 10.3 Å². The molecule has 0 amide bonds. The van der Waals surface area contributed by atoms with Crippen LogP contribution in [0, 0.1) is 16.1 Å². The summed E-state index contributed by atoms with van der Waals surface area (Å²) in [6.45, 7) is 0. The number of tetrazole rings is 1. The molecule has 0 radical (unpaired) electrons. The van der Waals surface area contributed by atoms with Crippen molar-refractivity contribution in [2.75, 3.05) is 21.3 Å². The van der Waals surface area contributed by atoms with Gasteiger partial charge in [-0.3, -0.25) is 0 Å². The van der Waals surface area contributed by atoms with Crippen LogP contribution in [-0.2, 0) is 0 Å². The van der Waals surface area contributed by atoms with Crippen LogP contribution in [-0.4, -0.2) is 46.4 Å². The van der Waals surface area contributed by atoms with Gasteiger partial charge in [0.25, 0.3) is 0 Å². The minimum Gasteiger partial charge on any atom is -0.493 e. The zero-order valence-electron chi connectivity index (χ0n) is 13.0. The first kappa shape index (κ1) is 15.7. The molecule has 0 unspecified atom stereocenters. The van der Waals surface area contributed by atoms with Gasteiger partial charge in [-0.1, -0.05) is 5.21 Å². The Morgan fingerprint density at radius 1 is 1.17 bits per heavy atom. The SMILES string of the molecule is COc1cc(-c2nc(=S)n3[nH]nnc3c2C#N)cc(OC)c1OC. The van der Waals surface area contributed by atoms with Crippen LogP contribution < -0.4 is 14.2 Å². The quantitative estimate of drug-likeness (QED) is 0.713. The number of rotatable bonds is 4. The summed E-state index contributed by atoms with van der Waals surface area (Å²) in [6.07, 6.45) is 0. The van der Waals surface area contributed by atoms with E-state index in [4.69, 9.17) is 26.4 Å². The molecule has 0 bridgehead atoms. The highest BCUT2D eigenvalue weighted by atomic mass is 32.1. The Balaban J connectivity index is 2.36. The molecule has 10 heteroatoms. The van der Waals surface area contributed by atoms with Crippen molar-refractivity contribution >= 4 is 17.9 Å². The van der Waals surface area contributed by atoms with Gasteiger partial charge in [-0.2, -0.15) is 15.0 Å². The fraction of sp³-hybridized carbons (Fsp3) is 0.214. The maximum Gasteiger partial charge on any atom is 0.222 e. The van der Waals surface area contributed by atoms with Gasteiger partial charge >= 0.3 is 0 Å². The Labute approximate surface area is 141 Å². The first-order chi connectivity index (χ1) is 11.6. The summed E-state index contributed by atoms with van der Waals surface area (Å²) in [5, 5.41) is 19.7. The number of benzene rings is 1. The average Bonchev–Trinajstić information content (AvgIpc) is 3.10. The lowest BCUT2D eigenvalue weighted by Crippen LogP contribution is -2.01. The largest absolute Gasteiger partial charge is 0.493 e. The Hall–Kier alpha value is -3.19. The maximum atomic E-state index is 9.53. The minimum atomic E-state index is 0.192. The first-order valence-corrected chi connectivity index (χ1v) is 7.09. The summed E-state index contributed by atoms with van der Waals surface area (Å²) in [5.41, 5.74) is 1.46. The molecule has 0 saturated heterocycles. The van der Waals surface area contributed by atoms with E-state index in [0.717, 1.165) is 0 Å². The molecule has 122 valence electrons. The van der Waals surface area contributed by atoms with E-state index in [9.17, 15) is 5.26 Å². The van der Waals surface area contributed by atoms with Crippen molar-refractivity contribution in [3.8, 4) is 34.6 Å². The van der Waals surface area contributed by atoms with E-state index >= 15 is 0 Å². The monoisotopic (exact) mass is 344 g/mol. The van der Waals surface area contributed by atoms with Gasteiger partial charge in [0.05, 0.1) is 27.0 Å². The van der Waals surface area contributed by atoms with Crippen molar-refractivity contribution in [3.63, 3.8) is 0 Å². The summed E-state index contributed by atoms with van der Waals surface area (Å²) in [4.78, 5) is 4.31. The van der Waals surface area contributed by atoms with Crippen molar-refractivity contribution in [1.29, 1.82) is 5.26 Å². The summed E-state index contributed by atoms with van der Waals surface area (Å²) in [5.74, 6) is 1.32. The lowest BCUT2D eigenvalue weighted by atomic mass is 10.1. The van der Waals surface area contributed by atoms with Gasteiger partial charge in [-0.15, -0.1) is 5.10 Å². The molecule has 9 nitrogen and oxygen atoms in total. The van der Waals surface area contributed by atoms with Crippen LogP contribution in [0.15, 0.2) is 12.1 Å². The summed E-state index contributed by atoms with van der Waals surface area (Å²) in [6, 6.07) is 5.47. The van der Waals surface area contributed by atoms with Gasteiger partial charge in [0.2, 0.25) is 10.5 Å². The molecule has 3 aromatic rings. The van der Waals surface area contributed by atoms with E-state index in [1.807, 2.05) is 0 Å². The molecule has 3 rings (SSSR count). The predicted molar refractivity (Wildman–Crippen MR) is 85.8 cm³/mol. The molecular weight excluding hydrogens is 332 g/mol. The summed E-state index contributed by atoms with van der Waals surface area (Å²) >= 11 is 5.22. The predicted octanol–water partition coefficient (Wildman–Crippen LogP) is 1.75. The molecule has 1 N–H and O–H groups in total. The molecule has 2 heterocycles. The Kier molecular flexibility index (Phi) is 4.01. The minimum absolute atomic E-state index is 0.192. The van der Waals surface area contributed by atoms with Crippen LogP contribution in [0.25, 0.3) is 16.9 Å². The molecule has 2 aromatic heterocycles. The van der Waals surface area contributed by atoms with Crippen LogP contribution in [0.1, 0.15) is 5.56 Å². The highest BCUT2D eigenvalue weighted by Crippen LogP contribution is 2.41. The Bertz CT molecular complexity index is 994. The van der Waals surface area contributed by atoms with E-state index in [0.29, 0.717) is 34.2 Å². The number of hydrogen-bond acceptors (Lipinski definition) is 8.